The van der Waals surface area contributed by atoms with Gasteiger partial charge in [0.15, 0.2) is 0 Å². The Hall–Kier alpha value is -2.57. The van der Waals surface area contributed by atoms with E-state index < -0.39 is 0 Å². The van der Waals surface area contributed by atoms with E-state index in [9.17, 15) is 4.39 Å². The molecule has 4 rings (SSSR count). The number of H-pyrrole nitrogens is 1. The summed E-state index contributed by atoms with van der Waals surface area (Å²) in [6.07, 6.45) is 9.18. The van der Waals surface area contributed by atoms with Crippen LogP contribution in [0.5, 0.6) is 0 Å². The van der Waals surface area contributed by atoms with Crippen molar-refractivity contribution < 1.29 is 4.39 Å². The van der Waals surface area contributed by atoms with Gasteiger partial charge in [-0.2, -0.15) is 0 Å². The highest BCUT2D eigenvalue weighted by Crippen LogP contribution is 2.33. The molecule has 2 aromatic heterocycles. The zero-order chi connectivity index (χ0) is 20.1. The van der Waals surface area contributed by atoms with Gasteiger partial charge in [-0.05, 0) is 86.7 Å². The fourth-order valence-corrected chi connectivity index (χ4v) is 4.16. The summed E-state index contributed by atoms with van der Waals surface area (Å²) in [5.74, 6) is 0.683. The van der Waals surface area contributed by atoms with Gasteiger partial charge < -0.3 is 10.7 Å². The number of fused-ring (bicyclic) bond motifs is 1. The van der Waals surface area contributed by atoms with Crippen LogP contribution in [-0.2, 0) is 13.0 Å². The van der Waals surface area contributed by atoms with Crippen LogP contribution in [0.3, 0.4) is 0 Å². The summed E-state index contributed by atoms with van der Waals surface area (Å²) in [6, 6.07) is 11.0. The van der Waals surface area contributed by atoms with Crippen LogP contribution in [0, 0.1) is 5.82 Å². The van der Waals surface area contributed by atoms with Gasteiger partial charge in [0.05, 0.1) is 30.2 Å². The molecule has 0 saturated carbocycles. The van der Waals surface area contributed by atoms with Crippen molar-refractivity contribution >= 4 is 0 Å². The molecule has 0 saturated heterocycles. The largest absolute Gasteiger partial charge is 0.341 e. The van der Waals surface area contributed by atoms with Crippen LogP contribution in [0.25, 0.3) is 11.3 Å². The van der Waals surface area contributed by atoms with E-state index in [1.807, 2.05) is 18.5 Å². The van der Waals surface area contributed by atoms with Crippen molar-refractivity contribution in [3.8, 4) is 11.3 Å². The molecule has 2 heterocycles. The molecular weight excluding hydrogens is 377 g/mol. The number of aromatic nitrogens is 3. The molecule has 1 aliphatic rings. The number of pyridine rings is 1. The van der Waals surface area contributed by atoms with E-state index in [4.69, 9.17) is 10.7 Å². The van der Waals surface area contributed by atoms with Crippen molar-refractivity contribution in [2.45, 2.75) is 52.1 Å². The molecule has 1 aromatic carbocycles. The molecule has 0 aliphatic heterocycles. The van der Waals surface area contributed by atoms with Gasteiger partial charge in [0, 0.05) is 6.20 Å². The lowest BCUT2D eigenvalue weighted by Crippen LogP contribution is -2.33. The molecular formula is C24H32FN5. The third-order valence-corrected chi connectivity index (χ3v) is 5.64. The zero-order valence-electron chi connectivity index (χ0n) is 16.6. The van der Waals surface area contributed by atoms with E-state index >= 15 is 0 Å². The molecule has 0 bridgehead atoms. The molecule has 0 radical (unpaired) electrons. The quantitative estimate of drug-likeness (QED) is 0.521. The van der Waals surface area contributed by atoms with E-state index in [-0.39, 0.29) is 13.2 Å². The molecule has 0 amide bonds. The van der Waals surface area contributed by atoms with Gasteiger partial charge in [-0.25, -0.2) is 9.37 Å². The van der Waals surface area contributed by atoms with Crippen molar-refractivity contribution in [1.29, 1.82) is 0 Å². The van der Waals surface area contributed by atoms with E-state index in [1.54, 1.807) is 12.1 Å². The molecule has 3 N–H and O–H groups in total. The highest BCUT2D eigenvalue weighted by molar-refractivity contribution is 5.58. The maximum absolute atomic E-state index is 13.2. The molecule has 5 nitrogen and oxygen atoms in total. The van der Waals surface area contributed by atoms with Crippen LogP contribution in [-0.4, -0.2) is 32.9 Å². The van der Waals surface area contributed by atoms with Gasteiger partial charge in [0.1, 0.15) is 11.6 Å². The molecule has 1 unspecified atom stereocenters. The van der Waals surface area contributed by atoms with E-state index in [1.165, 1.54) is 29.8 Å². The maximum Gasteiger partial charge on any atom is 0.123 e. The number of aromatic amines is 1. The van der Waals surface area contributed by atoms with Crippen molar-refractivity contribution in [1.82, 2.24) is 19.9 Å². The second kappa shape index (κ2) is 10.5. The number of nitrogens with zero attached hydrogens (tertiary/aromatic N) is 3. The lowest BCUT2D eigenvalue weighted by Gasteiger charge is -2.34. The molecule has 3 aromatic rings. The fourth-order valence-electron chi connectivity index (χ4n) is 4.16. The Morgan fingerprint density at radius 3 is 2.77 bits per heavy atom. The monoisotopic (exact) mass is 409 g/mol. The summed E-state index contributed by atoms with van der Waals surface area (Å²) < 4.78 is 13.2. The lowest BCUT2D eigenvalue weighted by atomic mass is 9.90. The predicted molar refractivity (Wildman–Crippen MR) is 119 cm³/mol. The maximum atomic E-state index is 13.2. The lowest BCUT2D eigenvalue weighted by molar-refractivity contribution is 0.159. The van der Waals surface area contributed by atoms with Crippen LogP contribution in [0.2, 0.25) is 0 Å². The number of hydrogen-bond donors (Lipinski definition) is 2. The number of hydrogen-bond acceptors (Lipinski definition) is 4. The first-order valence-electron chi connectivity index (χ1n) is 10.4. The molecule has 0 spiro atoms. The van der Waals surface area contributed by atoms with Gasteiger partial charge in [-0.1, -0.05) is 13.5 Å². The third kappa shape index (κ3) is 5.12. The summed E-state index contributed by atoms with van der Waals surface area (Å²) in [6.45, 7) is 2.40. The average molecular weight is 410 g/mol. The Morgan fingerprint density at radius 2 is 1.97 bits per heavy atom. The molecule has 30 heavy (non-hydrogen) atoms. The van der Waals surface area contributed by atoms with Gasteiger partial charge in [-0.15, -0.1) is 0 Å². The number of aryl methyl sites for hydroxylation is 1. The molecule has 6 heteroatoms. The second-order valence-electron chi connectivity index (χ2n) is 7.67. The van der Waals surface area contributed by atoms with E-state index in [0.717, 1.165) is 55.9 Å². The second-order valence-corrected chi connectivity index (χ2v) is 7.67. The fraction of sp³-hybridized carbons (Fsp3) is 0.417. The van der Waals surface area contributed by atoms with Gasteiger partial charge >= 0.3 is 0 Å². The van der Waals surface area contributed by atoms with Crippen molar-refractivity contribution in [2.75, 3.05) is 13.1 Å². The predicted octanol–water partition coefficient (Wildman–Crippen LogP) is 4.87. The minimum absolute atomic E-state index is 0. The topological polar surface area (TPSA) is 70.8 Å². The van der Waals surface area contributed by atoms with E-state index in [2.05, 4.69) is 20.9 Å². The minimum Gasteiger partial charge on any atom is -0.341 e. The molecule has 160 valence electrons. The molecule has 1 aliphatic carbocycles. The Labute approximate surface area is 178 Å². The average Bonchev–Trinajstić information content (AvgIpc) is 3.22. The van der Waals surface area contributed by atoms with Crippen LogP contribution in [0.15, 0.2) is 48.8 Å². The molecule has 1 atom stereocenters. The molecule has 0 fully saturated rings. The Morgan fingerprint density at radius 1 is 1.13 bits per heavy atom. The highest BCUT2D eigenvalue weighted by Gasteiger charge is 2.27. The summed E-state index contributed by atoms with van der Waals surface area (Å²) in [5.41, 5.74) is 10.1. The normalized spacial score (nSPS) is 15.6. The Balaban J connectivity index is 0.00000256. The number of nitrogens with one attached hydrogen (secondary N) is 1. The van der Waals surface area contributed by atoms with Crippen molar-refractivity contribution in [3.05, 3.63) is 71.7 Å². The number of unbranched alkanes of at least 4 members (excludes halogenated alkanes) is 1. The van der Waals surface area contributed by atoms with Crippen LogP contribution < -0.4 is 5.73 Å². The first-order valence-corrected chi connectivity index (χ1v) is 10.4. The standard InChI is InChI=1S/C23H28FN5.CH4/c24-19-10-8-17(9-11-19)20-15-27-22(28-20)16-29(14-2-1-12-25)21-7-3-5-18-6-4-13-26-23(18)21;/h4,6,8-11,13,15,21H,1-3,5,7,12,14,16,25H2,(H,27,28);1H4. The minimum atomic E-state index is -0.233. The van der Waals surface area contributed by atoms with Crippen LogP contribution in [0.4, 0.5) is 4.39 Å². The van der Waals surface area contributed by atoms with Gasteiger partial charge in [0.2, 0.25) is 0 Å². The smallest absolute Gasteiger partial charge is 0.123 e. The van der Waals surface area contributed by atoms with Crippen LogP contribution in [0.1, 0.15) is 56.2 Å². The summed E-state index contributed by atoms with van der Waals surface area (Å²) in [7, 11) is 0. The number of imidazole rings is 1. The number of halogens is 1. The SMILES string of the molecule is C.NCCCCN(Cc1ncc(-c2ccc(F)cc2)[nH]1)C1CCCc2cccnc21. The highest BCUT2D eigenvalue weighted by atomic mass is 19.1. The van der Waals surface area contributed by atoms with Gasteiger partial charge in [0.25, 0.3) is 0 Å². The Kier molecular flexibility index (Phi) is 7.71. The third-order valence-electron chi connectivity index (χ3n) is 5.64. The summed E-state index contributed by atoms with van der Waals surface area (Å²) >= 11 is 0. The zero-order valence-corrected chi connectivity index (χ0v) is 16.6. The van der Waals surface area contributed by atoms with Crippen molar-refractivity contribution in [2.24, 2.45) is 5.73 Å². The van der Waals surface area contributed by atoms with E-state index in [0.29, 0.717) is 12.6 Å². The number of rotatable bonds is 8. The Bertz CT molecular complexity index is 921. The van der Waals surface area contributed by atoms with Gasteiger partial charge in [-0.3, -0.25) is 9.88 Å². The summed E-state index contributed by atoms with van der Waals surface area (Å²) in [4.78, 5) is 15.2. The van der Waals surface area contributed by atoms with Crippen molar-refractivity contribution in [3.63, 3.8) is 0 Å². The number of nitrogens with two attached hydrogens (primary N) is 1. The summed E-state index contributed by atoms with van der Waals surface area (Å²) in [5, 5.41) is 0. The van der Waals surface area contributed by atoms with Crippen LogP contribution >= 0.6 is 0 Å². The first kappa shape index (κ1) is 22.1. The number of benzene rings is 1. The first-order chi connectivity index (χ1) is 14.2.